The molecule has 1 amide bonds. The summed E-state index contributed by atoms with van der Waals surface area (Å²) in [5.41, 5.74) is 3.38. The predicted octanol–water partition coefficient (Wildman–Crippen LogP) is 4.76. The molecule has 4 rings (SSSR count). The number of fused-ring (bicyclic) bond motifs is 1. The molecular weight excluding hydrogens is 414 g/mol. The number of hydrogen-bond donors (Lipinski definition) is 1. The van der Waals surface area contributed by atoms with Crippen LogP contribution in [0, 0.1) is 26.7 Å². The normalized spacial score (nSPS) is 14.8. The Morgan fingerprint density at radius 2 is 1.97 bits per heavy atom. The Kier molecular flexibility index (Phi) is 6.02. The zero-order valence-electron chi connectivity index (χ0n) is 17.8. The van der Waals surface area contributed by atoms with Gasteiger partial charge in [-0.1, -0.05) is 41.6 Å². The van der Waals surface area contributed by atoms with Crippen LogP contribution in [0.5, 0.6) is 0 Å². The number of thiophene rings is 1. The van der Waals surface area contributed by atoms with Crippen LogP contribution in [0.25, 0.3) is 10.2 Å². The number of aromatic nitrogens is 2. The molecule has 1 aromatic carbocycles. The van der Waals surface area contributed by atoms with Crippen molar-refractivity contribution in [2.45, 2.75) is 58.3 Å². The van der Waals surface area contributed by atoms with Gasteiger partial charge in [-0.3, -0.25) is 14.2 Å². The summed E-state index contributed by atoms with van der Waals surface area (Å²) in [5, 5.41) is 4.54. The summed E-state index contributed by atoms with van der Waals surface area (Å²) >= 11 is 2.89. The third-order valence-corrected chi connectivity index (χ3v) is 7.83. The van der Waals surface area contributed by atoms with Crippen LogP contribution in [0.1, 0.15) is 47.4 Å². The first-order valence-corrected chi connectivity index (χ1v) is 12.2. The highest BCUT2D eigenvalue weighted by atomic mass is 32.2. The average Bonchev–Trinajstić information content (AvgIpc) is 3.51. The summed E-state index contributed by atoms with van der Waals surface area (Å²) in [6.07, 6.45) is 2.30. The number of nitrogens with one attached hydrogen (secondary N) is 1. The molecule has 1 aliphatic carbocycles. The topological polar surface area (TPSA) is 64.0 Å². The van der Waals surface area contributed by atoms with E-state index < -0.39 is 0 Å². The number of benzene rings is 1. The Bertz CT molecular complexity index is 1140. The van der Waals surface area contributed by atoms with Crippen LogP contribution in [-0.4, -0.2) is 21.2 Å². The van der Waals surface area contributed by atoms with E-state index in [1.807, 2.05) is 20.8 Å². The van der Waals surface area contributed by atoms with Crippen LogP contribution in [0.3, 0.4) is 0 Å². The number of thioether (sulfide) groups is 1. The molecular formula is C23H27N3O2S2. The molecule has 158 valence electrons. The molecule has 1 fully saturated rings. The molecule has 5 nitrogen and oxygen atoms in total. The molecule has 0 bridgehead atoms. The SMILES string of the molecule is CCn1c(SCC(=O)NC(c2ccc(C)cc2)C2CC2)nc2sc(C)c(C)c2c1=O. The zero-order valence-corrected chi connectivity index (χ0v) is 19.5. The van der Waals surface area contributed by atoms with Gasteiger partial charge in [0.25, 0.3) is 5.56 Å². The molecule has 1 N–H and O–H groups in total. The second-order valence-corrected chi connectivity index (χ2v) is 10.1. The van der Waals surface area contributed by atoms with E-state index in [2.05, 4.69) is 36.5 Å². The summed E-state index contributed by atoms with van der Waals surface area (Å²) in [6, 6.07) is 8.46. The maximum absolute atomic E-state index is 13.0. The van der Waals surface area contributed by atoms with E-state index in [0.29, 0.717) is 23.0 Å². The van der Waals surface area contributed by atoms with E-state index in [1.165, 1.54) is 17.3 Å². The van der Waals surface area contributed by atoms with Crippen LogP contribution in [0.4, 0.5) is 0 Å². The minimum Gasteiger partial charge on any atom is -0.348 e. The number of rotatable bonds is 7. The summed E-state index contributed by atoms with van der Waals surface area (Å²) in [6.45, 7) is 8.53. The number of nitrogens with zero attached hydrogens (tertiary/aromatic N) is 2. The summed E-state index contributed by atoms with van der Waals surface area (Å²) in [5.74, 6) is 0.742. The van der Waals surface area contributed by atoms with Gasteiger partial charge in [0.2, 0.25) is 5.91 Å². The molecule has 30 heavy (non-hydrogen) atoms. The maximum atomic E-state index is 13.0. The van der Waals surface area contributed by atoms with Crippen molar-refractivity contribution in [2.75, 3.05) is 5.75 Å². The van der Waals surface area contributed by atoms with Crippen LogP contribution in [-0.2, 0) is 11.3 Å². The van der Waals surface area contributed by atoms with Gasteiger partial charge in [-0.25, -0.2) is 4.98 Å². The molecule has 1 atom stereocenters. The van der Waals surface area contributed by atoms with Crippen molar-refractivity contribution in [3.63, 3.8) is 0 Å². The van der Waals surface area contributed by atoms with E-state index in [0.717, 1.165) is 33.7 Å². The van der Waals surface area contributed by atoms with E-state index in [1.54, 1.807) is 15.9 Å². The zero-order chi connectivity index (χ0) is 21.4. The van der Waals surface area contributed by atoms with Gasteiger partial charge in [0, 0.05) is 11.4 Å². The third kappa shape index (κ3) is 4.18. The smallest absolute Gasteiger partial charge is 0.263 e. The molecule has 2 heterocycles. The van der Waals surface area contributed by atoms with Gasteiger partial charge in [0.1, 0.15) is 4.83 Å². The fraction of sp³-hybridized carbons (Fsp3) is 0.435. The van der Waals surface area contributed by atoms with Gasteiger partial charge in [-0.2, -0.15) is 0 Å². The lowest BCUT2D eigenvalue weighted by Gasteiger charge is -2.19. The Balaban J connectivity index is 1.51. The number of carbonyl (C=O) groups is 1. The van der Waals surface area contributed by atoms with E-state index >= 15 is 0 Å². The van der Waals surface area contributed by atoms with Crippen LogP contribution in [0.2, 0.25) is 0 Å². The van der Waals surface area contributed by atoms with E-state index in [-0.39, 0.29) is 23.3 Å². The quantitative estimate of drug-likeness (QED) is 0.424. The van der Waals surface area contributed by atoms with Crippen molar-refractivity contribution in [1.82, 2.24) is 14.9 Å². The van der Waals surface area contributed by atoms with Gasteiger partial charge in [0.05, 0.1) is 17.2 Å². The Morgan fingerprint density at radius 1 is 1.27 bits per heavy atom. The largest absolute Gasteiger partial charge is 0.348 e. The molecule has 3 aromatic rings. The lowest BCUT2D eigenvalue weighted by molar-refractivity contribution is -0.119. The van der Waals surface area contributed by atoms with Crippen molar-refractivity contribution < 1.29 is 4.79 Å². The summed E-state index contributed by atoms with van der Waals surface area (Å²) < 4.78 is 1.68. The molecule has 1 unspecified atom stereocenters. The van der Waals surface area contributed by atoms with Crippen molar-refractivity contribution >= 4 is 39.2 Å². The first-order chi connectivity index (χ1) is 14.4. The van der Waals surface area contributed by atoms with Gasteiger partial charge in [-0.15, -0.1) is 11.3 Å². The maximum Gasteiger partial charge on any atom is 0.263 e. The van der Waals surface area contributed by atoms with Gasteiger partial charge in [0.15, 0.2) is 5.16 Å². The molecule has 0 radical (unpaired) electrons. The standard InChI is InChI=1S/C23H27N3O2S2/c1-5-26-22(28)19-14(3)15(4)30-21(19)25-23(26)29-12-18(27)24-20(17-10-11-17)16-8-6-13(2)7-9-16/h6-9,17,20H,5,10-12H2,1-4H3,(H,24,27). The summed E-state index contributed by atoms with van der Waals surface area (Å²) in [4.78, 5) is 32.3. The fourth-order valence-corrected chi connectivity index (χ4v) is 5.66. The lowest BCUT2D eigenvalue weighted by atomic mass is 10.0. The van der Waals surface area contributed by atoms with Crippen LogP contribution in [0.15, 0.2) is 34.2 Å². The van der Waals surface area contributed by atoms with Crippen molar-refractivity contribution in [3.8, 4) is 0 Å². The molecule has 2 aromatic heterocycles. The molecule has 7 heteroatoms. The van der Waals surface area contributed by atoms with E-state index in [9.17, 15) is 9.59 Å². The Hall–Kier alpha value is -2.12. The number of carbonyl (C=O) groups excluding carboxylic acids is 1. The van der Waals surface area contributed by atoms with Crippen molar-refractivity contribution in [1.29, 1.82) is 0 Å². The Labute approximate surface area is 184 Å². The van der Waals surface area contributed by atoms with Gasteiger partial charge < -0.3 is 5.32 Å². The highest BCUT2D eigenvalue weighted by Gasteiger charge is 2.33. The van der Waals surface area contributed by atoms with Gasteiger partial charge in [-0.05, 0) is 57.6 Å². The predicted molar refractivity (Wildman–Crippen MR) is 125 cm³/mol. The first-order valence-electron chi connectivity index (χ1n) is 10.4. The third-order valence-electron chi connectivity index (χ3n) is 5.75. The molecule has 0 spiro atoms. The van der Waals surface area contributed by atoms with E-state index in [4.69, 9.17) is 4.98 Å². The number of hydrogen-bond acceptors (Lipinski definition) is 5. The highest BCUT2D eigenvalue weighted by molar-refractivity contribution is 7.99. The minimum absolute atomic E-state index is 0.0113. The van der Waals surface area contributed by atoms with Crippen LogP contribution < -0.4 is 10.9 Å². The van der Waals surface area contributed by atoms with Crippen molar-refractivity contribution in [2.24, 2.45) is 5.92 Å². The highest BCUT2D eigenvalue weighted by Crippen LogP contribution is 2.41. The second kappa shape index (κ2) is 8.55. The number of amides is 1. The van der Waals surface area contributed by atoms with Crippen molar-refractivity contribution in [3.05, 3.63) is 56.2 Å². The average molecular weight is 442 g/mol. The van der Waals surface area contributed by atoms with Gasteiger partial charge >= 0.3 is 0 Å². The minimum atomic E-state index is -0.0204. The fourth-order valence-electron chi connectivity index (χ4n) is 3.72. The molecule has 1 aliphatic rings. The molecule has 0 saturated heterocycles. The number of aryl methyl sites for hydroxylation is 3. The Morgan fingerprint density at radius 3 is 2.60 bits per heavy atom. The summed E-state index contributed by atoms with van der Waals surface area (Å²) in [7, 11) is 0. The monoisotopic (exact) mass is 441 g/mol. The first kappa shape index (κ1) is 21.1. The van der Waals surface area contributed by atoms with Crippen LogP contribution >= 0.6 is 23.1 Å². The lowest BCUT2D eigenvalue weighted by Crippen LogP contribution is -2.31. The molecule has 1 saturated carbocycles. The second-order valence-electron chi connectivity index (χ2n) is 7.99. The molecule has 0 aliphatic heterocycles.